The average molecular weight is 385 g/mol. The molecule has 0 unspecified atom stereocenters. The topological polar surface area (TPSA) is 78.3 Å². The van der Waals surface area contributed by atoms with Gasteiger partial charge >= 0.3 is 0 Å². The number of likely N-dealkylation sites (tertiary alicyclic amines) is 1. The lowest BCUT2D eigenvalue weighted by molar-refractivity contribution is 0.0777. The van der Waals surface area contributed by atoms with E-state index >= 15 is 0 Å². The molecule has 142 valence electrons. The third-order valence-corrected chi connectivity index (χ3v) is 6.03. The molecule has 1 fully saturated rings. The molecule has 1 saturated heterocycles. The van der Waals surface area contributed by atoms with Crippen molar-refractivity contribution in [1.82, 2.24) is 24.9 Å². The second kappa shape index (κ2) is 7.66. The van der Waals surface area contributed by atoms with Crippen molar-refractivity contribution in [2.75, 3.05) is 13.6 Å². The number of aryl methyl sites for hydroxylation is 1. The van der Waals surface area contributed by atoms with Crippen LogP contribution in [0.25, 0.3) is 0 Å². The van der Waals surface area contributed by atoms with Gasteiger partial charge in [0.15, 0.2) is 5.76 Å². The molecule has 27 heavy (non-hydrogen) atoms. The molecular formula is C19H23N5O2S. The fourth-order valence-corrected chi connectivity index (χ4v) is 4.72. The molecule has 1 amide bonds. The highest BCUT2D eigenvalue weighted by molar-refractivity contribution is 7.14. The highest BCUT2D eigenvalue weighted by Gasteiger charge is 2.28. The second-order valence-corrected chi connectivity index (χ2v) is 8.08. The van der Waals surface area contributed by atoms with Crippen molar-refractivity contribution >= 4 is 17.2 Å². The molecule has 0 aromatic carbocycles. The zero-order chi connectivity index (χ0) is 18.8. The van der Waals surface area contributed by atoms with Crippen LogP contribution in [-0.4, -0.2) is 44.4 Å². The van der Waals surface area contributed by atoms with Gasteiger partial charge in [0.1, 0.15) is 5.82 Å². The minimum absolute atomic E-state index is 0.0101. The summed E-state index contributed by atoms with van der Waals surface area (Å²) in [6, 6.07) is 6.24. The number of imidazole rings is 1. The van der Waals surface area contributed by atoms with Crippen molar-refractivity contribution in [1.29, 1.82) is 0 Å². The SMILES string of the molecule is Cc1cc(CN(C)C(=O)c2ccc([C@@H]3CCCN3Cc3ncc[nH]3)s2)on1. The van der Waals surface area contributed by atoms with E-state index in [1.165, 1.54) is 4.88 Å². The lowest BCUT2D eigenvalue weighted by Crippen LogP contribution is -2.25. The van der Waals surface area contributed by atoms with Gasteiger partial charge in [0.2, 0.25) is 0 Å². The second-order valence-electron chi connectivity index (χ2n) is 6.96. The van der Waals surface area contributed by atoms with Crippen molar-refractivity contribution in [3.05, 3.63) is 57.6 Å². The first-order valence-electron chi connectivity index (χ1n) is 9.10. The summed E-state index contributed by atoms with van der Waals surface area (Å²) in [5, 5.41) is 3.87. The summed E-state index contributed by atoms with van der Waals surface area (Å²) in [5.74, 6) is 1.69. The van der Waals surface area contributed by atoms with Crippen molar-refractivity contribution in [2.24, 2.45) is 0 Å². The number of H-pyrrole nitrogens is 1. The molecule has 3 aromatic heterocycles. The highest BCUT2D eigenvalue weighted by Crippen LogP contribution is 2.36. The van der Waals surface area contributed by atoms with Crippen LogP contribution in [0, 0.1) is 6.92 Å². The number of amides is 1. The largest absolute Gasteiger partial charge is 0.359 e. The van der Waals surface area contributed by atoms with Gasteiger partial charge in [0.05, 0.1) is 23.7 Å². The highest BCUT2D eigenvalue weighted by atomic mass is 32.1. The lowest BCUT2D eigenvalue weighted by Gasteiger charge is -2.22. The van der Waals surface area contributed by atoms with Crippen LogP contribution < -0.4 is 0 Å². The standard InChI is InChI=1S/C19H23N5O2S/c1-13-10-14(26-22-13)11-23(2)19(25)17-6-5-16(27-17)15-4-3-9-24(15)12-18-20-7-8-21-18/h5-8,10,15H,3-4,9,11-12H2,1-2H3,(H,20,21)/t15-/m0/s1. The minimum atomic E-state index is 0.0101. The number of carbonyl (C=O) groups excluding carboxylic acids is 1. The Morgan fingerprint density at radius 3 is 3.11 bits per heavy atom. The Morgan fingerprint density at radius 2 is 2.37 bits per heavy atom. The smallest absolute Gasteiger partial charge is 0.264 e. The quantitative estimate of drug-likeness (QED) is 0.704. The molecule has 0 saturated carbocycles. The fraction of sp³-hybridized carbons (Fsp3) is 0.421. The molecule has 8 heteroatoms. The Balaban J connectivity index is 1.43. The number of aromatic nitrogens is 3. The van der Waals surface area contributed by atoms with Crippen molar-refractivity contribution in [3.8, 4) is 0 Å². The van der Waals surface area contributed by atoms with E-state index < -0.39 is 0 Å². The van der Waals surface area contributed by atoms with Crippen molar-refractivity contribution in [2.45, 2.75) is 38.9 Å². The third-order valence-electron chi connectivity index (χ3n) is 4.85. The maximum atomic E-state index is 12.8. The van der Waals surface area contributed by atoms with Crippen molar-refractivity contribution < 1.29 is 9.32 Å². The molecule has 1 N–H and O–H groups in total. The van der Waals surface area contributed by atoms with Gasteiger partial charge in [-0.3, -0.25) is 9.69 Å². The Morgan fingerprint density at radius 1 is 1.48 bits per heavy atom. The van der Waals surface area contributed by atoms with Gasteiger partial charge in [-0.2, -0.15) is 0 Å². The number of hydrogen-bond donors (Lipinski definition) is 1. The Bertz CT molecular complexity index is 901. The first-order valence-corrected chi connectivity index (χ1v) is 9.91. The molecule has 0 radical (unpaired) electrons. The maximum absolute atomic E-state index is 12.8. The average Bonchev–Trinajstić information content (AvgIpc) is 3.42. The molecule has 1 aliphatic heterocycles. The summed E-state index contributed by atoms with van der Waals surface area (Å²) < 4.78 is 5.22. The molecule has 1 aliphatic rings. The molecular weight excluding hydrogens is 362 g/mol. The zero-order valence-corrected chi connectivity index (χ0v) is 16.3. The van der Waals surface area contributed by atoms with Crippen LogP contribution in [-0.2, 0) is 13.1 Å². The molecule has 4 rings (SSSR count). The Kier molecular flexibility index (Phi) is 5.09. The summed E-state index contributed by atoms with van der Waals surface area (Å²) in [6.45, 7) is 4.15. The van der Waals surface area contributed by atoms with Gasteiger partial charge < -0.3 is 14.4 Å². The number of nitrogens with one attached hydrogen (secondary N) is 1. The van der Waals surface area contributed by atoms with Crippen LogP contribution in [0.1, 0.15) is 50.7 Å². The maximum Gasteiger partial charge on any atom is 0.264 e. The summed E-state index contributed by atoms with van der Waals surface area (Å²) in [7, 11) is 1.79. The molecule has 0 spiro atoms. The van der Waals surface area contributed by atoms with Gasteiger partial charge in [0.25, 0.3) is 5.91 Å². The van der Waals surface area contributed by atoms with Gasteiger partial charge in [-0.05, 0) is 38.4 Å². The molecule has 1 atom stereocenters. The number of rotatable bonds is 6. The Hall–Kier alpha value is -2.45. The predicted molar refractivity (Wildman–Crippen MR) is 102 cm³/mol. The number of nitrogens with zero attached hydrogens (tertiary/aromatic N) is 4. The summed E-state index contributed by atoms with van der Waals surface area (Å²) >= 11 is 1.59. The van der Waals surface area contributed by atoms with Crippen molar-refractivity contribution in [3.63, 3.8) is 0 Å². The van der Waals surface area contributed by atoms with Gasteiger partial charge in [-0.15, -0.1) is 11.3 Å². The predicted octanol–water partition coefficient (Wildman–Crippen LogP) is 3.38. The minimum Gasteiger partial charge on any atom is -0.359 e. The van der Waals surface area contributed by atoms with Gasteiger partial charge in [-0.1, -0.05) is 5.16 Å². The third kappa shape index (κ3) is 3.96. The first kappa shape index (κ1) is 17.9. The molecule has 7 nitrogen and oxygen atoms in total. The molecule has 0 bridgehead atoms. The normalized spacial score (nSPS) is 17.5. The number of hydrogen-bond acceptors (Lipinski definition) is 6. The van der Waals surface area contributed by atoms with E-state index in [0.717, 1.165) is 42.3 Å². The monoisotopic (exact) mass is 385 g/mol. The van der Waals surface area contributed by atoms with E-state index in [1.807, 2.05) is 25.3 Å². The summed E-state index contributed by atoms with van der Waals surface area (Å²) in [6.07, 6.45) is 5.92. The van der Waals surface area contributed by atoms with Crippen LogP contribution in [0.2, 0.25) is 0 Å². The van der Waals surface area contributed by atoms with E-state index in [9.17, 15) is 4.79 Å². The van der Waals surface area contributed by atoms with Crippen LogP contribution in [0.5, 0.6) is 0 Å². The summed E-state index contributed by atoms with van der Waals surface area (Å²) in [5.41, 5.74) is 0.821. The molecule has 0 aliphatic carbocycles. The Labute approximate surface area is 162 Å². The summed E-state index contributed by atoms with van der Waals surface area (Å²) in [4.78, 5) is 26.4. The van der Waals surface area contributed by atoms with E-state index in [1.54, 1.807) is 29.5 Å². The molecule has 3 aromatic rings. The van der Waals surface area contributed by atoms with E-state index in [2.05, 4.69) is 26.1 Å². The fourth-order valence-electron chi connectivity index (χ4n) is 3.55. The van der Waals surface area contributed by atoms with Crippen LogP contribution in [0.4, 0.5) is 0 Å². The number of aromatic amines is 1. The molecule has 4 heterocycles. The van der Waals surface area contributed by atoms with Gasteiger partial charge in [-0.25, -0.2) is 4.98 Å². The van der Waals surface area contributed by atoms with E-state index in [-0.39, 0.29) is 5.91 Å². The van der Waals surface area contributed by atoms with E-state index in [4.69, 9.17) is 4.52 Å². The first-order chi connectivity index (χ1) is 13.1. The zero-order valence-electron chi connectivity index (χ0n) is 15.5. The lowest BCUT2D eigenvalue weighted by atomic mass is 10.2. The van der Waals surface area contributed by atoms with Crippen LogP contribution >= 0.6 is 11.3 Å². The van der Waals surface area contributed by atoms with E-state index in [0.29, 0.717) is 18.3 Å². The van der Waals surface area contributed by atoms with Crippen LogP contribution in [0.3, 0.4) is 0 Å². The van der Waals surface area contributed by atoms with Gasteiger partial charge in [0, 0.05) is 36.4 Å². The number of carbonyl (C=O) groups is 1. The van der Waals surface area contributed by atoms with Crippen LogP contribution in [0.15, 0.2) is 35.1 Å². The number of thiophene rings is 1.